The van der Waals surface area contributed by atoms with Crippen molar-refractivity contribution in [3.05, 3.63) is 40.5 Å². The number of anilines is 1. The van der Waals surface area contributed by atoms with E-state index in [0.29, 0.717) is 31.8 Å². The van der Waals surface area contributed by atoms with Crippen LogP contribution in [0.2, 0.25) is 5.02 Å². The van der Waals surface area contributed by atoms with Crippen molar-refractivity contribution in [2.75, 3.05) is 18.4 Å². The van der Waals surface area contributed by atoms with Gasteiger partial charge in [-0.1, -0.05) is 29.0 Å². The number of carbonyl (C=O) groups is 2. The van der Waals surface area contributed by atoms with Crippen LogP contribution in [0.5, 0.6) is 0 Å². The largest absolute Gasteiger partial charge is 0.337 e. The number of nitrogens with one attached hydrogen (secondary N) is 1. The number of aromatic nitrogens is 3. The van der Waals surface area contributed by atoms with Gasteiger partial charge in [0.05, 0.1) is 5.54 Å². The number of piperidine rings is 1. The second-order valence-corrected chi connectivity index (χ2v) is 9.86. The molecule has 1 saturated heterocycles. The van der Waals surface area contributed by atoms with Crippen LogP contribution in [-0.4, -0.2) is 44.6 Å². The Bertz CT molecular complexity index is 1110. The Morgan fingerprint density at radius 3 is 2.57 bits per heavy atom. The first kappa shape index (κ1) is 20.8. The molecule has 4 rings (SSSR count). The molecular formula is C21H24ClN5O2S. The van der Waals surface area contributed by atoms with E-state index < -0.39 is 0 Å². The Labute approximate surface area is 184 Å². The Kier molecular flexibility index (Phi) is 5.55. The van der Waals surface area contributed by atoms with E-state index >= 15 is 0 Å². The minimum Gasteiger partial charge on any atom is -0.337 e. The number of benzene rings is 1. The Morgan fingerprint density at radius 1 is 1.17 bits per heavy atom. The molecule has 0 radical (unpaired) electrons. The Balaban J connectivity index is 1.70. The number of carbonyl (C=O) groups excluding carboxylic acids is 2. The quantitative estimate of drug-likeness (QED) is 0.629. The molecule has 1 aliphatic rings. The van der Waals surface area contributed by atoms with Gasteiger partial charge in [-0.05, 0) is 58.2 Å². The molecule has 0 atom stereocenters. The van der Waals surface area contributed by atoms with Crippen LogP contribution in [0.1, 0.15) is 60.9 Å². The molecule has 0 saturated carbocycles. The molecule has 1 fully saturated rings. The molecular weight excluding hydrogens is 422 g/mol. The van der Waals surface area contributed by atoms with Crippen molar-refractivity contribution in [3.63, 3.8) is 0 Å². The summed E-state index contributed by atoms with van der Waals surface area (Å²) in [5.74, 6) is -0.368. The predicted molar refractivity (Wildman–Crippen MR) is 120 cm³/mol. The molecule has 2 amide bonds. The number of halogens is 1. The third kappa shape index (κ3) is 4.06. The molecule has 2 aromatic heterocycles. The third-order valence-electron chi connectivity index (χ3n) is 5.01. The first-order valence-electron chi connectivity index (χ1n) is 10.0. The number of rotatable bonds is 3. The highest BCUT2D eigenvalue weighted by Crippen LogP contribution is 2.33. The maximum Gasteiger partial charge on any atom is 0.275 e. The molecule has 1 aliphatic heterocycles. The van der Waals surface area contributed by atoms with E-state index in [-0.39, 0.29) is 17.4 Å². The van der Waals surface area contributed by atoms with Crippen molar-refractivity contribution in [1.29, 1.82) is 0 Å². The van der Waals surface area contributed by atoms with Crippen LogP contribution in [0.4, 0.5) is 5.13 Å². The molecule has 1 aromatic carbocycles. The SMILES string of the molecule is CC(C)(C)n1nc(C(=O)N2CCCCC2)c2sc(NC(=O)c3cccc(Cl)c3)nc21. The number of hydrogen-bond donors (Lipinski definition) is 1. The van der Waals surface area contributed by atoms with Crippen molar-refractivity contribution < 1.29 is 9.59 Å². The average Bonchev–Trinajstić information content (AvgIpc) is 3.26. The van der Waals surface area contributed by atoms with Crippen molar-refractivity contribution in [1.82, 2.24) is 19.7 Å². The van der Waals surface area contributed by atoms with E-state index in [2.05, 4.69) is 15.4 Å². The number of hydrogen-bond acceptors (Lipinski definition) is 5. The van der Waals surface area contributed by atoms with Crippen molar-refractivity contribution in [2.24, 2.45) is 0 Å². The molecule has 0 spiro atoms. The molecule has 30 heavy (non-hydrogen) atoms. The number of thiazole rings is 1. The van der Waals surface area contributed by atoms with Gasteiger partial charge in [0, 0.05) is 23.7 Å². The zero-order valence-corrected chi connectivity index (χ0v) is 18.8. The predicted octanol–water partition coefficient (Wildman–Crippen LogP) is 4.78. The second-order valence-electron chi connectivity index (χ2n) is 8.42. The second kappa shape index (κ2) is 8.00. The van der Waals surface area contributed by atoms with E-state index in [0.717, 1.165) is 32.4 Å². The summed E-state index contributed by atoms with van der Waals surface area (Å²) in [6.07, 6.45) is 3.17. The zero-order chi connectivity index (χ0) is 21.5. The number of likely N-dealkylation sites (tertiary alicyclic amines) is 1. The molecule has 3 heterocycles. The van der Waals surface area contributed by atoms with Gasteiger partial charge in [0.1, 0.15) is 4.70 Å². The summed E-state index contributed by atoms with van der Waals surface area (Å²) in [6.45, 7) is 7.54. The van der Waals surface area contributed by atoms with Crippen LogP contribution in [-0.2, 0) is 5.54 Å². The van der Waals surface area contributed by atoms with Gasteiger partial charge in [-0.15, -0.1) is 0 Å². The standard InChI is InChI=1S/C21H24ClN5O2S/c1-21(2,3)27-17-16(15(25-27)19(29)26-10-5-4-6-11-26)30-20(23-17)24-18(28)13-8-7-9-14(22)12-13/h7-9,12H,4-6,10-11H2,1-3H3,(H,23,24,28). The van der Waals surface area contributed by atoms with E-state index in [1.807, 2.05) is 25.7 Å². The number of nitrogens with zero attached hydrogens (tertiary/aromatic N) is 4. The first-order chi connectivity index (χ1) is 14.2. The van der Waals surface area contributed by atoms with Gasteiger partial charge in [0.15, 0.2) is 16.5 Å². The summed E-state index contributed by atoms with van der Waals surface area (Å²) in [7, 11) is 0. The first-order valence-corrected chi connectivity index (χ1v) is 11.2. The van der Waals surface area contributed by atoms with Crippen LogP contribution in [0, 0.1) is 0 Å². The monoisotopic (exact) mass is 445 g/mol. The van der Waals surface area contributed by atoms with Gasteiger partial charge >= 0.3 is 0 Å². The average molecular weight is 446 g/mol. The summed E-state index contributed by atoms with van der Waals surface area (Å²) in [5.41, 5.74) is 1.10. The van der Waals surface area contributed by atoms with Gasteiger partial charge in [-0.3, -0.25) is 14.9 Å². The van der Waals surface area contributed by atoms with Crippen molar-refractivity contribution in [2.45, 2.75) is 45.6 Å². The van der Waals surface area contributed by atoms with Crippen LogP contribution >= 0.6 is 22.9 Å². The molecule has 0 aliphatic carbocycles. The highest BCUT2D eigenvalue weighted by atomic mass is 35.5. The number of amides is 2. The van der Waals surface area contributed by atoms with E-state index in [1.54, 1.807) is 28.9 Å². The molecule has 7 nitrogen and oxygen atoms in total. The van der Waals surface area contributed by atoms with Crippen LogP contribution < -0.4 is 5.32 Å². The normalized spacial score (nSPS) is 14.9. The maximum absolute atomic E-state index is 13.2. The zero-order valence-electron chi connectivity index (χ0n) is 17.2. The molecule has 0 bridgehead atoms. The molecule has 3 aromatic rings. The van der Waals surface area contributed by atoms with Crippen LogP contribution in [0.15, 0.2) is 24.3 Å². The van der Waals surface area contributed by atoms with E-state index in [1.165, 1.54) is 11.3 Å². The lowest BCUT2D eigenvalue weighted by molar-refractivity contribution is 0.0718. The highest BCUT2D eigenvalue weighted by Gasteiger charge is 2.30. The van der Waals surface area contributed by atoms with Crippen molar-refractivity contribution in [3.8, 4) is 0 Å². The summed E-state index contributed by atoms with van der Waals surface area (Å²) in [6, 6.07) is 6.73. The smallest absolute Gasteiger partial charge is 0.275 e. The van der Waals surface area contributed by atoms with E-state index in [4.69, 9.17) is 11.6 Å². The summed E-state index contributed by atoms with van der Waals surface area (Å²) < 4.78 is 2.47. The Morgan fingerprint density at radius 2 is 1.90 bits per heavy atom. The lowest BCUT2D eigenvalue weighted by Crippen LogP contribution is -2.36. The topological polar surface area (TPSA) is 80.1 Å². The van der Waals surface area contributed by atoms with Crippen LogP contribution in [0.3, 0.4) is 0 Å². The lowest BCUT2D eigenvalue weighted by Gasteiger charge is -2.26. The molecule has 158 valence electrons. The summed E-state index contributed by atoms with van der Waals surface area (Å²) in [5, 5.41) is 8.38. The van der Waals surface area contributed by atoms with Gasteiger partial charge in [0.2, 0.25) is 0 Å². The number of fused-ring (bicyclic) bond motifs is 1. The van der Waals surface area contributed by atoms with Crippen molar-refractivity contribution >= 4 is 50.2 Å². The fourth-order valence-corrected chi connectivity index (χ4v) is 4.62. The molecule has 0 unspecified atom stereocenters. The highest BCUT2D eigenvalue weighted by molar-refractivity contribution is 7.22. The van der Waals surface area contributed by atoms with Gasteiger partial charge in [-0.25, -0.2) is 4.68 Å². The minimum atomic E-state index is -0.360. The maximum atomic E-state index is 13.2. The minimum absolute atomic E-state index is 0.0703. The van der Waals surface area contributed by atoms with Gasteiger partial charge < -0.3 is 4.90 Å². The molecule has 1 N–H and O–H groups in total. The summed E-state index contributed by atoms with van der Waals surface area (Å²) >= 11 is 7.27. The summed E-state index contributed by atoms with van der Waals surface area (Å²) in [4.78, 5) is 32.2. The van der Waals surface area contributed by atoms with E-state index in [9.17, 15) is 9.59 Å². The van der Waals surface area contributed by atoms with Crippen LogP contribution in [0.25, 0.3) is 10.3 Å². The molecule has 9 heteroatoms. The lowest BCUT2D eigenvalue weighted by atomic mass is 10.1. The third-order valence-corrected chi connectivity index (χ3v) is 6.22. The van der Waals surface area contributed by atoms with Gasteiger partial charge in [0.25, 0.3) is 11.8 Å². The van der Waals surface area contributed by atoms with Gasteiger partial charge in [-0.2, -0.15) is 10.1 Å². The fourth-order valence-electron chi connectivity index (χ4n) is 3.51. The Hall–Kier alpha value is -2.45. The fraction of sp³-hybridized carbons (Fsp3) is 0.429.